The molecule has 0 fully saturated rings. The van der Waals surface area contributed by atoms with Crippen molar-refractivity contribution in [1.29, 1.82) is 0 Å². The third-order valence-corrected chi connectivity index (χ3v) is 3.30. The predicted octanol–water partition coefficient (Wildman–Crippen LogP) is 3.05. The van der Waals surface area contributed by atoms with Gasteiger partial charge in [-0.15, -0.1) is 10.2 Å². The number of halogens is 2. The molecule has 1 aromatic carbocycles. The van der Waals surface area contributed by atoms with E-state index in [4.69, 9.17) is 11.6 Å². The summed E-state index contributed by atoms with van der Waals surface area (Å²) in [5, 5.41) is 8.63. The van der Waals surface area contributed by atoms with Crippen LogP contribution in [0.1, 0.15) is 0 Å². The van der Waals surface area contributed by atoms with E-state index < -0.39 is 0 Å². The van der Waals surface area contributed by atoms with Gasteiger partial charge in [0.05, 0.1) is 0 Å². The van der Waals surface area contributed by atoms with Crippen molar-refractivity contribution in [2.45, 2.75) is 0 Å². The summed E-state index contributed by atoms with van der Waals surface area (Å²) in [4.78, 5) is 4.03. The molecule has 3 aromatic rings. The normalized spacial score (nSPS) is 10.9. The third-order valence-electron chi connectivity index (χ3n) is 2.37. The monoisotopic (exact) mass is 356 g/mol. The summed E-state index contributed by atoms with van der Waals surface area (Å²) in [6.45, 7) is 0. The van der Waals surface area contributed by atoms with Crippen LogP contribution in [0.5, 0.6) is 0 Å². The number of benzene rings is 1. The summed E-state index contributed by atoms with van der Waals surface area (Å²) in [6, 6.07) is 9.76. The van der Waals surface area contributed by atoms with Gasteiger partial charge in [-0.1, -0.05) is 23.7 Å². The van der Waals surface area contributed by atoms with Crippen molar-refractivity contribution in [2.75, 3.05) is 0 Å². The highest BCUT2D eigenvalue weighted by Crippen LogP contribution is 2.20. The van der Waals surface area contributed by atoms with E-state index in [2.05, 4.69) is 37.8 Å². The summed E-state index contributed by atoms with van der Waals surface area (Å²) < 4.78 is 3.00. The minimum absolute atomic E-state index is 0.416. The highest BCUT2D eigenvalue weighted by atomic mass is 127. The molecule has 0 bridgehead atoms. The van der Waals surface area contributed by atoms with Crippen LogP contribution in [0.4, 0.5) is 0 Å². The fourth-order valence-corrected chi connectivity index (χ4v) is 2.07. The molecule has 0 radical (unpaired) electrons. The van der Waals surface area contributed by atoms with Crippen LogP contribution < -0.4 is 0 Å². The van der Waals surface area contributed by atoms with Gasteiger partial charge in [0, 0.05) is 15.2 Å². The second kappa shape index (κ2) is 4.23. The number of hydrogen-bond acceptors (Lipinski definition) is 3. The molecular weight excluding hydrogens is 351 g/mol. The molecular formula is C11H6ClIN4. The zero-order chi connectivity index (χ0) is 11.8. The molecule has 17 heavy (non-hydrogen) atoms. The molecule has 0 unspecified atom stereocenters. The Hall–Kier alpha value is -1.21. The van der Waals surface area contributed by atoms with Crippen molar-refractivity contribution in [3.05, 3.63) is 45.4 Å². The van der Waals surface area contributed by atoms with E-state index >= 15 is 0 Å². The van der Waals surface area contributed by atoms with Crippen LogP contribution in [-0.4, -0.2) is 19.6 Å². The van der Waals surface area contributed by atoms with E-state index in [0.717, 1.165) is 11.4 Å². The maximum absolute atomic E-state index is 5.80. The molecule has 0 atom stereocenters. The van der Waals surface area contributed by atoms with Crippen LogP contribution in [-0.2, 0) is 0 Å². The van der Waals surface area contributed by atoms with Crippen molar-refractivity contribution in [3.63, 3.8) is 0 Å². The third kappa shape index (κ3) is 2.00. The van der Waals surface area contributed by atoms with Gasteiger partial charge in [0.2, 0.25) is 0 Å². The Morgan fingerprint density at radius 2 is 1.88 bits per heavy atom. The quantitative estimate of drug-likeness (QED) is 0.497. The Morgan fingerprint density at radius 1 is 1.12 bits per heavy atom. The molecule has 0 saturated carbocycles. The zero-order valence-corrected chi connectivity index (χ0v) is 11.4. The first-order chi connectivity index (χ1) is 8.24. The maximum Gasteiger partial charge on any atom is 0.169 e. The SMILES string of the molecule is Clc1cc2nnc(-c3ccc(I)cc3)n2cn1. The molecule has 0 aliphatic carbocycles. The van der Waals surface area contributed by atoms with E-state index in [1.54, 1.807) is 12.4 Å². The highest BCUT2D eigenvalue weighted by Gasteiger charge is 2.08. The van der Waals surface area contributed by atoms with E-state index in [0.29, 0.717) is 10.8 Å². The maximum atomic E-state index is 5.80. The smallest absolute Gasteiger partial charge is 0.169 e. The molecule has 0 aliphatic rings. The van der Waals surface area contributed by atoms with Gasteiger partial charge in [-0.25, -0.2) is 4.98 Å². The van der Waals surface area contributed by atoms with Crippen LogP contribution >= 0.6 is 34.2 Å². The lowest BCUT2D eigenvalue weighted by molar-refractivity contribution is 1.08. The minimum Gasteiger partial charge on any atom is -0.265 e. The average molecular weight is 357 g/mol. The van der Waals surface area contributed by atoms with Crippen LogP contribution in [0, 0.1) is 3.57 Å². The van der Waals surface area contributed by atoms with Gasteiger partial charge >= 0.3 is 0 Å². The second-order valence-electron chi connectivity index (χ2n) is 3.47. The molecule has 0 saturated heterocycles. The molecule has 0 amide bonds. The Labute approximate surface area is 116 Å². The molecule has 2 aromatic heterocycles. The second-order valence-corrected chi connectivity index (χ2v) is 5.10. The van der Waals surface area contributed by atoms with E-state index in [1.165, 1.54) is 3.57 Å². The molecule has 0 aliphatic heterocycles. The van der Waals surface area contributed by atoms with E-state index in [1.807, 2.05) is 28.7 Å². The van der Waals surface area contributed by atoms with Crippen molar-refractivity contribution in [3.8, 4) is 11.4 Å². The van der Waals surface area contributed by atoms with Crippen molar-refractivity contribution in [2.24, 2.45) is 0 Å². The van der Waals surface area contributed by atoms with Gasteiger partial charge in [-0.05, 0) is 34.7 Å². The average Bonchev–Trinajstić information content (AvgIpc) is 2.73. The predicted molar refractivity (Wildman–Crippen MR) is 73.9 cm³/mol. The highest BCUT2D eigenvalue weighted by molar-refractivity contribution is 14.1. The van der Waals surface area contributed by atoms with Crippen molar-refractivity contribution < 1.29 is 0 Å². The molecule has 4 nitrogen and oxygen atoms in total. The number of nitrogens with zero attached hydrogens (tertiary/aromatic N) is 4. The number of hydrogen-bond donors (Lipinski definition) is 0. The fourth-order valence-electron chi connectivity index (χ4n) is 1.57. The van der Waals surface area contributed by atoms with Gasteiger partial charge < -0.3 is 0 Å². The Balaban J connectivity index is 2.21. The lowest BCUT2D eigenvalue weighted by Gasteiger charge is -1.99. The van der Waals surface area contributed by atoms with Gasteiger partial charge in [-0.3, -0.25) is 4.40 Å². The molecule has 2 heterocycles. The van der Waals surface area contributed by atoms with Gasteiger partial charge in [0.1, 0.15) is 11.5 Å². The molecule has 3 rings (SSSR count). The molecule has 6 heteroatoms. The van der Waals surface area contributed by atoms with Gasteiger partial charge in [0.25, 0.3) is 0 Å². The minimum atomic E-state index is 0.416. The number of fused-ring (bicyclic) bond motifs is 1. The van der Waals surface area contributed by atoms with Crippen LogP contribution in [0.3, 0.4) is 0 Å². The van der Waals surface area contributed by atoms with Gasteiger partial charge in [-0.2, -0.15) is 0 Å². The summed E-state index contributed by atoms with van der Waals surface area (Å²) >= 11 is 8.07. The Kier molecular flexibility index (Phi) is 2.71. The largest absolute Gasteiger partial charge is 0.265 e. The van der Waals surface area contributed by atoms with Crippen LogP contribution in [0.15, 0.2) is 36.7 Å². The molecule has 0 N–H and O–H groups in total. The zero-order valence-electron chi connectivity index (χ0n) is 8.51. The van der Waals surface area contributed by atoms with Crippen molar-refractivity contribution >= 4 is 39.8 Å². The summed E-state index contributed by atoms with van der Waals surface area (Å²) in [6.07, 6.45) is 1.63. The first kappa shape index (κ1) is 10.9. The number of aromatic nitrogens is 4. The Bertz CT molecular complexity index is 678. The lowest BCUT2D eigenvalue weighted by Crippen LogP contribution is -1.91. The lowest BCUT2D eigenvalue weighted by atomic mass is 10.2. The van der Waals surface area contributed by atoms with Crippen LogP contribution in [0.25, 0.3) is 17.0 Å². The summed E-state index contributed by atoms with van der Waals surface area (Å²) in [5.74, 6) is 0.764. The summed E-state index contributed by atoms with van der Waals surface area (Å²) in [7, 11) is 0. The van der Waals surface area contributed by atoms with E-state index in [-0.39, 0.29) is 0 Å². The van der Waals surface area contributed by atoms with E-state index in [9.17, 15) is 0 Å². The molecule has 0 spiro atoms. The summed E-state index contributed by atoms with van der Waals surface area (Å²) in [5.41, 5.74) is 1.69. The van der Waals surface area contributed by atoms with Crippen LogP contribution in [0.2, 0.25) is 5.15 Å². The topological polar surface area (TPSA) is 43.1 Å². The van der Waals surface area contributed by atoms with Crippen molar-refractivity contribution in [1.82, 2.24) is 19.6 Å². The first-order valence-electron chi connectivity index (χ1n) is 4.86. The Morgan fingerprint density at radius 3 is 2.65 bits per heavy atom. The molecule has 84 valence electrons. The van der Waals surface area contributed by atoms with Gasteiger partial charge in [0.15, 0.2) is 11.5 Å². The number of rotatable bonds is 1. The first-order valence-corrected chi connectivity index (χ1v) is 6.32. The standard InChI is InChI=1S/C11H6ClIN4/c12-9-5-10-15-16-11(17(10)6-14-9)7-1-3-8(13)4-2-7/h1-6H. The fraction of sp³-hybridized carbons (Fsp3) is 0.